The molecule has 0 radical (unpaired) electrons. The van der Waals surface area contributed by atoms with Crippen molar-refractivity contribution in [1.29, 1.82) is 0 Å². The maximum Gasteiger partial charge on any atom is 0.411 e. The number of aryl methyl sites for hydroxylation is 1. The Morgan fingerprint density at radius 1 is 0.920 bits per heavy atom. The summed E-state index contributed by atoms with van der Waals surface area (Å²) < 4.78 is 56.1. The summed E-state index contributed by atoms with van der Waals surface area (Å²) in [7, 11) is 3.18. The van der Waals surface area contributed by atoms with Crippen LogP contribution in [-0.4, -0.2) is 105 Å². The number of halogens is 3. The van der Waals surface area contributed by atoms with Gasteiger partial charge in [-0.15, -0.1) is 0 Å². The van der Waals surface area contributed by atoms with E-state index in [2.05, 4.69) is 34.1 Å². The number of rotatable bonds is 12. The molecule has 3 aromatic carbocycles. The van der Waals surface area contributed by atoms with Gasteiger partial charge in [-0.1, -0.05) is 42.5 Å². The van der Waals surface area contributed by atoms with E-state index >= 15 is 0 Å². The molecule has 2 fully saturated rings. The maximum absolute atomic E-state index is 13.9. The lowest BCUT2D eigenvalue weighted by Gasteiger charge is -2.33. The first kappa shape index (κ1) is 35.5. The number of anilines is 1. The van der Waals surface area contributed by atoms with Crippen molar-refractivity contribution in [3.63, 3.8) is 0 Å². The molecule has 1 atom stereocenters. The maximum atomic E-state index is 13.9. The molecule has 1 unspecified atom stereocenters. The second-order valence-electron chi connectivity index (χ2n) is 13.3. The fraction of sp³-hybridized carbons (Fsp3) is 0.474. The van der Waals surface area contributed by atoms with Gasteiger partial charge in [-0.05, 0) is 74.7 Å². The number of methoxy groups -OCH3 is 2. The van der Waals surface area contributed by atoms with Crippen molar-refractivity contribution >= 4 is 22.9 Å². The zero-order valence-electron chi connectivity index (χ0n) is 29.0. The molecule has 0 bridgehead atoms. The molecule has 2 aliphatic rings. The van der Waals surface area contributed by atoms with Gasteiger partial charge in [0.25, 0.3) is 5.91 Å². The van der Waals surface area contributed by atoms with Crippen LogP contribution in [0.3, 0.4) is 0 Å². The normalized spacial score (nSPS) is 18.8. The summed E-state index contributed by atoms with van der Waals surface area (Å²) >= 11 is 0. The van der Waals surface area contributed by atoms with E-state index in [1.807, 2.05) is 52.8 Å². The van der Waals surface area contributed by atoms with Crippen LogP contribution in [0.1, 0.15) is 40.7 Å². The molecule has 2 aliphatic heterocycles. The van der Waals surface area contributed by atoms with Crippen LogP contribution >= 0.6 is 0 Å². The summed E-state index contributed by atoms with van der Waals surface area (Å²) in [5.74, 6) is 1.93. The van der Waals surface area contributed by atoms with Crippen LogP contribution in [0.15, 0.2) is 66.7 Å². The smallest absolute Gasteiger partial charge is 0.411 e. The number of carbonyl (C=O) groups is 1. The number of alkyl halides is 3. The van der Waals surface area contributed by atoms with Gasteiger partial charge in [0.05, 0.1) is 31.9 Å². The Balaban J connectivity index is 1.14. The average Bonchev–Trinajstić information content (AvgIpc) is 3.63. The molecule has 0 saturated carbocycles. The SMILES string of the molecule is COc1cc(C(=O)N2CCC(CCN3CCCN(c4nc5ccccc5n4CCOCC(F)(F)F)CC3)(c3ccccc3)C2)cc(C)c1OC. The fourth-order valence-corrected chi connectivity index (χ4v) is 7.52. The number of benzene rings is 3. The minimum atomic E-state index is -4.36. The van der Waals surface area contributed by atoms with Crippen molar-refractivity contribution in [3.8, 4) is 11.5 Å². The molecule has 0 spiro atoms. The summed E-state index contributed by atoms with van der Waals surface area (Å²) in [6.07, 6.45) is -1.66. The third-order valence-electron chi connectivity index (χ3n) is 10.1. The summed E-state index contributed by atoms with van der Waals surface area (Å²) in [5.41, 5.74) is 4.20. The number of para-hydroxylation sites is 2. The van der Waals surface area contributed by atoms with E-state index in [-0.39, 0.29) is 24.5 Å². The molecule has 0 N–H and O–H groups in total. The highest BCUT2D eigenvalue weighted by atomic mass is 19.4. The molecule has 12 heteroatoms. The number of imidazole rings is 1. The van der Waals surface area contributed by atoms with Gasteiger partial charge in [0.1, 0.15) is 6.61 Å². The Morgan fingerprint density at radius 3 is 2.46 bits per heavy atom. The van der Waals surface area contributed by atoms with Crippen molar-refractivity contribution in [2.24, 2.45) is 0 Å². The van der Waals surface area contributed by atoms with Gasteiger partial charge in [0, 0.05) is 50.2 Å². The highest BCUT2D eigenvalue weighted by Gasteiger charge is 2.42. The lowest BCUT2D eigenvalue weighted by Crippen LogP contribution is -2.39. The molecule has 9 nitrogen and oxygen atoms in total. The predicted octanol–water partition coefficient (Wildman–Crippen LogP) is 6.33. The molecule has 4 aromatic rings. The highest BCUT2D eigenvalue weighted by molar-refractivity contribution is 5.95. The standard InChI is InChI=1S/C38H46F3N5O4/c1-28-24-29(25-33(48-2)34(28)49-3)35(47)45-19-15-37(26-45,30-10-5-4-6-11-30)14-18-43-16-9-17-44(21-20-43)36-42-31-12-7-8-13-32(31)46(36)22-23-50-27-38(39,40)41/h4-8,10-13,24-25H,9,14-23,26-27H2,1-3H3. The third kappa shape index (κ3) is 7.86. The molecular weight excluding hydrogens is 647 g/mol. The van der Waals surface area contributed by atoms with Gasteiger partial charge >= 0.3 is 6.18 Å². The van der Waals surface area contributed by atoms with Gasteiger partial charge in [-0.25, -0.2) is 4.98 Å². The zero-order chi connectivity index (χ0) is 35.3. The molecule has 2 saturated heterocycles. The van der Waals surface area contributed by atoms with Gasteiger partial charge in [-0.3, -0.25) is 4.79 Å². The number of hydrogen-bond donors (Lipinski definition) is 0. The number of hydrogen-bond acceptors (Lipinski definition) is 7. The largest absolute Gasteiger partial charge is 0.493 e. The Morgan fingerprint density at radius 2 is 1.70 bits per heavy atom. The van der Waals surface area contributed by atoms with E-state index in [0.29, 0.717) is 30.2 Å². The van der Waals surface area contributed by atoms with Crippen molar-refractivity contribution in [3.05, 3.63) is 83.4 Å². The van der Waals surface area contributed by atoms with E-state index in [4.69, 9.17) is 19.2 Å². The van der Waals surface area contributed by atoms with Gasteiger partial charge in [-0.2, -0.15) is 13.2 Å². The number of amides is 1. The minimum absolute atomic E-state index is 0.0102. The van der Waals surface area contributed by atoms with Crippen LogP contribution in [-0.2, 0) is 16.7 Å². The lowest BCUT2D eigenvalue weighted by atomic mass is 9.76. The second kappa shape index (κ2) is 15.3. The monoisotopic (exact) mass is 693 g/mol. The average molecular weight is 694 g/mol. The van der Waals surface area contributed by atoms with Crippen LogP contribution in [0.2, 0.25) is 0 Å². The van der Waals surface area contributed by atoms with Gasteiger partial charge in [0.2, 0.25) is 5.95 Å². The Kier molecular flexibility index (Phi) is 10.9. The zero-order valence-corrected chi connectivity index (χ0v) is 29.0. The van der Waals surface area contributed by atoms with Gasteiger partial charge in [0.15, 0.2) is 11.5 Å². The minimum Gasteiger partial charge on any atom is -0.493 e. The van der Waals surface area contributed by atoms with Crippen LogP contribution < -0.4 is 14.4 Å². The topological polar surface area (TPSA) is 72.3 Å². The van der Waals surface area contributed by atoms with Crippen LogP contribution in [0.5, 0.6) is 11.5 Å². The van der Waals surface area contributed by atoms with Crippen molar-refractivity contribution in [2.75, 3.05) is 78.1 Å². The Hall–Kier alpha value is -4.29. The lowest BCUT2D eigenvalue weighted by molar-refractivity contribution is -0.174. The molecule has 3 heterocycles. The fourth-order valence-electron chi connectivity index (χ4n) is 7.52. The van der Waals surface area contributed by atoms with Crippen LogP contribution in [0, 0.1) is 6.92 Å². The first-order chi connectivity index (χ1) is 24.1. The first-order valence-corrected chi connectivity index (χ1v) is 17.3. The van der Waals surface area contributed by atoms with E-state index in [0.717, 1.165) is 74.5 Å². The van der Waals surface area contributed by atoms with Crippen LogP contribution in [0.4, 0.5) is 19.1 Å². The summed E-state index contributed by atoms with van der Waals surface area (Å²) in [6, 6.07) is 21.9. The quantitative estimate of drug-likeness (QED) is 0.161. The number of ether oxygens (including phenoxy) is 3. The molecule has 1 amide bonds. The Bertz CT molecular complexity index is 1760. The second-order valence-corrected chi connectivity index (χ2v) is 13.3. The number of fused-ring (bicyclic) bond motifs is 1. The van der Waals surface area contributed by atoms with Gasteiger partial charge < -0.3 is 33.5 Å². The van der Waals surface area contributed by atoms with Crippen molar-refractivity contribution in [2.45, 2.75) is 44.3 Å². The van der Waals surface area contributed by atoms with E-state index in [1.165, 1.54) is 5.56 Å². The molecule has 6 rings (SSSR count). The molecule has 50 heavy (non-hydrogen) atoms. The molecule has 268 valence electrons. The van der Waals surface area contributed by atoms with Crippen LogP contribution in [0.25, 0.3) is 11.0 Å². The third-order valence-corrected chi connectivity index (χ3v) is 10.1. The number of carbonyl (C=O) groups excluding carboxylic acids is 1. The van der Waals surface area contributed by atoms with E-state index < -0.39 is 12.8 Å². The van der Waals surface area contributed by atoms with Crippen molar-refractivity contribution in [1.82, 2.24) is 19.4 Å². The number of nitrogens with zero attached hydrogens (tertiary/aromatic N) is 5. The predicted molar refractivity (Wildman–Crippen MR) is 187 cm³/mol. The molecular formula is C38H46F3N5O4. The first-order valence-electron chi connectivity index (χ1n) is 17.3. The van der Waals surface area contributed by atoms with E-state index in [9.17, 15) is 18.0 Å². The van der Waals surface area contributed by atoms with Crippen molar-refractivity contribution < 1.29 is 32.2 Å². The number of aromatic nitrogens is 2. The highest BCUT2D eigenvalue weighted by Crippen LogP contribution is 2.40. The number of likely N-dealkylation sites (tertiary alicyclic amines) is 1. The van der Waals surface area contributed by atoms with E-state index in [1.54, 1.807) is 20.3 Å². The summed E-state index contributed by atoms with van der Waals surface area (Å²) in [6.45, 7) is 6.33. The molecule has 1 aromatic heterocycles. The summed E-state index contributed by atoms with van der Waals surface area (Å²) in [4.78, 5) is 25.5. The molecule has 0 aliphatic carbocycles. The Labute approximate surface area is 291 Å². The summed E-state index contributed by atoms with van der Waals surface area (Å²) in [5, 5.41) is 0.